The Morgan fingerprint density at radius 1 is 1.06 bits per heavy atom. The van der Waals surface area contributed by atoms with E-state index in [0.717, 1.165) is 36.6 Å². The summed E-state index contributed by atoms with van der Waals surface area (Å²) in [5.41, 5.74) is 2.50. The Labute approximate surface area is 182 Å². The molecule has 1 aromatic heterocycles. The minimum Gasteiger partial charge on any atom is -0.492 e. The number of para-hydroxylation sites is 1. The molecular formula is C24H28N4O3. The molecule has 0 aliphatic carbocycles. The van der Waals surface area contributed by atoms with Crippen LogP contribution in [0.4, 0.5) is 5.69 Å². The second-order valence-electron chi connectivity index (χ2n) is 7.60. The Hall–Kier alpha value is -3.32. The highest BCUT2D eigenvalue weighted by molar-refractivity contribution is 5.93. The fourth-order valence-electron chi connectivity index (χ4n) is 3.73. The van der Waals surface area contributed by atoms with Gasteiger partial charge in [0.25, 0.3) is 5.91 Å². The summed E-state index contributed by atoms with van der Waals surface area (Å²) in [6.45, 7) is 3.78. The number of aryl methyl sites for hydroxylation is 1. The van der Waals surface area contributed by atoms with E-state index in [1.54, 1.807) is 10.9 Å². The molecule has 0 radical (unpaired) electrons. The normalized spacial score (nSPS) is 13.8. The number of amides is 1. The van der Waals surface area contributed by atoms with Gasteiger partial charge in [0.1, 0.15) is 18.1 Å². The van der Waals surface area contributed by atoms with Gasteiger partial charge in [-0.05, 0) is 62.3 Å². The van der Waals surface area contributed by atoms with Gasteiger partial charge in [-0.3, -0.25) is 14.4 Å². The van der Waals surface area contributed by atoms with E-state index in [0.29, 0.717) is 18.0 Å². The van der Waals surface area contributed by atoms with Crippen LogP contribution in [0.1, 0.15) is 12.8 Å². The van der Waals surface area contributed by atoms with Gasteiger partial charge >= 0.3 is 0 Å². The SMILES string of the molecule is Cn1nccc1-c1cc(NC(=O)COc2ccccc2)ccc1OCCN1CCCC1. The van der Waals surface area contributed by atoms with Crippen LogP contribution in [0, 0.1) is 0 Å². The number of aromatic nitrogens is 2. The van der Waals surface area contributed by atoms with E-state index in [9.17, 15) is 4.79 Å². The summed E-state index contributed by atoms with van der Waals surface area (Å²) < 4.78 is 13.5. The smallest absolute Gasteiger partial charge is 0.262 e. The average molecular weight is 421 g/mol. The van der Waals surface area contributed by atoms with Crippen LogP contribution >= 0.6 is 0 Å². The van der Waals surface area contributed by atoms with E-state index in [4.69, 9.17) is 9.47 Å². The predicted octanol–water partition coefficient (Wildman–Crippen LogP) is 3.58. The molecule has 2 aromatic carbocycles. The van der Waals surface area contributed by atoms with Crippen molar-refractivity contribution in [2.75, 3.05) is 38.2 Å². The lowest BCUT2D eigenvalue weighted by molar-refractivity contribution is -0.118. The van der Waals surface area contributed by atoms with Gasteiger partial charge in [-0.1, -0.05) is 18.2 Å². The molecule has 162 valence electrons. The van der Waals surface area contributed by atoms with Crippen LogP contribution in [-0.2, 0) is 11.8 Å². The van der Waals surface area contributed by atoms with Crippen molar-refractivity contribution in [3.63, 3.8) is 0 Å². The molecule has 0 unspecified atom stereocenters. The number of rotatable bonds is 9. The fraction of sp³-hybridized carbons (Fsp3) is 0.333. The first kappa shape index (κ1) is 20.9. The van der Waals surface area contributed by atoms with E-state index >= 15 is 0 Å². The molecule has 0 saturated carbocycles. The van der Waals surface area contributed by atoms with E-state index < -0.39 is 0 Å². The van der Waals surface area contributed by atoms with Gasteiger partial charge in [0.2, 0.25) is 0 Å². The lowest BCUT2D eigenvalue weighted by Crippen LogP contribution is -2.25. The van der Waals surface area contributed by atoms with Gasteiger partial charge in [-0.25, -0.2) is 0 Å². The predicted molar refractivity (Wildman–Crippen MR) is 120 cm³/mol. The molecule has 0 bridgehead atoms. The largest absolute Gasteiger partial charge is 0.492 e. The van der Waals surface area contributed by atoms with Gasteiger partial charge in [0, 0.05) is 31.0 Å². The zero-order valence-electron chi connectivity index (χ0n) is 17.8. The molecule has 4 rings (SSSR count). The topological polar surface area (TPSA) is 68.6 Å². The van der Waals surface area contributed by atoms with Crippen LogP contribution in [0.5, 0.6) is 11.5 Å². The van der Waals surface area contributed by atoms with E-state index in [1.807, 2.05) is 61.6 Å². The third-order valence-electron chi connectivity index (χ3n) is 5.34. The molecule has 0 spiro atoms. The summed E-state index contributed by atoms with van der Waals surface area (Å²) in [7, 11) is 1.89. The van der Waals surface area contributed by atoms with Crippen LogP contribution in [-0.4, -0.2) is 53.4 Å². The Morgan fingerprint density at radius 3 is 2.61 bits per heavy atom. The van der Waals surface area contributed by atoms with E-state index in [2.05, 4.69) is 15.3 Å². The van der Waals surface area contributed by atoms with Crippen molar-refractivity contribution >= 4 is 11.6 Å². The van der Waals surface area contributed by atoms with E-state index in [1.165, 1.54) is 12.8 Å². The van der Waals surface area contributed by atoms with Crippen LogP contribution in [0.2, 0.25) is 0 Å². The molecular weight excluding hydrogens is 392 g/mol. The van der Waals surface area contributed by atoms with Crippen molar-refractivity contribution in [3.8, 4) is 22.8 Å². The van der Waals surface area contributed by atoms with E-state index in [-0.39, 0.29) is 12.5 Å². The number of ether oxygens (including phenoxy) is 2. The molecule has 31 heavy (non-hydrogen) atoms. The number of hydrogen-bond donors (Lipinski definition) is 1. The minimum absolute atomic E-state index is 0.0564. The highest BCUT2D eigenvalue weighted by atomic mass is 16.5. The molecule has 7 nitrogen and oxygen atoms in total. The number of carbonyl (C=O) groups excluding carboxylic acids is 1. The quantitative estimate of drug-likeness (QED) is 0.573. The molecule has 3 aromatic rings. The first-order chi connectivity index (χ1) is 15.2. The Bertz CT molecular complexity index is 997. The summed E-state index contributed by atoms with van der Waals surface area (Å²) in [4.78, 5) is 14.8. The maximum Gasteiger partial charge on any atom is 0.262 e. The summed E-state index contributed by atoms with van der Waals surface area (Å²) >= 11 is 0. The molecule has 0 atom stereocenters. The molecule has 7 heteroatoms. The third-order valence-corrected chi connectivity index (χ3v) is 5.34. The van der Waals surface area contributed by atoms with Crippen molar-refractivity contribution in [1.82, 2.24) is 14.7 Å². The van der Waals surface area contributed by atoms with Crippen LogP contribution in [0.25, 0.3) is 11.3 Å². The van der Waals surface area contributed by atoms with Gasteiger partial charge in [-0.15, -0.1) is 0 Å². The maximum atomic E-state index is 12.4. The zero-order chi connectivity index (χ0) is 21.5. The summed E-state index contributed by atoms with van der Waals surface area (Å²) in [6, 6.07) is 16.9. The highest BCUT2D eigenvalue weighted by Crippen LogP contribution is 2.32. The van der Waals surface area contributed by atoms with Crippen LogP contribution in [0.15, 0.2) is 60.8 Å². The zero-order valence-corrected chi connectivity index (χ0v) is 17.8. The van der Waals surface area contributed by atoms with Crippen molar-refractivity contribution in [3.05, 3.63) is 60.8 Å². The molecule has 1 amide bonds. The number of carbonyl (C=O) groups is 1. The summed E-state index contributed by atoms with van der Waals surface area (Å²) in [6.07, 6.45) is 4.29. The molecule has 1 aliphatic rings. The van der Waals surface area contributed by atoms with Crippen molar-refractivity contribution in [2.24, 2.45) is 7.05 Å². The number of hydrogen-bond acceptors (Lipinski definition) is 5. The summed E-state index contributed by atoms with van der Waals surface area (Å²) in [5.74, 6) is 1.22. The summed E-state index contributed by atoms with van der Waals surface area (Å²) in [5, 5.41) is 7.18. The molecule has 1 N–H and O–H groups in total. The lowest BCUT2D eigenvalue weighted by atomic mass is 10.1. The molecule has 2 heterocycles. The average Bonchev–Trinajstić information content (AvgIpc) is 3.46. The van der Waals surface area contributed by atoms with Crippen LogP contribution < -0.4 is 14.8 Å². The second kappa shape index (κ2) is 10.1. The number of anilines is 1. The monoisotopic (exact) mass is 420 g/mol. The Balaban J connectivity index is 1.43. The highest BCUT2D eigenvalue weighted by Gasteiger charge is 2.15. The molecule has 1 saturated heterocycles. The third kappa shape index (κ3) is 5.64. The fourth-order valence-corrected chi connectivity index (χ4v) is 3.73. The number of benzene rings is 2. The van der Waals surface area contributed by atoms with Crippen molar-refractivity contribution < 1.29 is 14.3 Å². The van der Waals surface area contributed by atoms with Gasteiger partial charge in [0.15, 0.2) is 6.61 Å². The van der Waals surface area contributed by atoms with Gasteiger partial charge in [-0.2, -0.15) is 5.10 Å². The number of nitrogens with one attached hydrogen (secondary N) is 1. The number of likely N-dealkylation sites (tertiary alicyclic amines) is 1. The second-order valence-corrected chi connectivity index (χ2v) is 7.60. The molecule has 1 aliphatic heterocycles. The first-order valence-electron chi connectivity index (χ1n) is 10.6. The maximum absolute atomic E-state index is 12.4. The Kier molecular flexibility index (Phi) is 6.84. The lowest BCUT2D eigenvalue weighted by Gasteiger charge is -2.17. The molecule has 1 fully saturated rings. The first-order valence-corrected chi connectivity index (χ1v) is 10.6. The van der Waals surface area contributed by atoms with Crippen molar-refractivity contribution in [1.29, 1.82) is 0 Å². The standard InChI is InChI=1S/C24H28N4O3/c1-27-22(11-12-25-27)21-17-19(26-24(29)18-31-20-7-3-2-4-8-20)9-10-23(21)30-16-15-28-13-5-6-14-28/h2-4,7-12,17H,5-6,13-16,18H2,1H3,(H,26,29). The van der Waals surface area contributed by atoms with Gasteiger partial charge < -0.3 is 14.8 Å². The minimum atomic E-state index is -0.220. The Morgan fingerprint density at radius 2 is 1.87 bits per heavy atom. The van der Waals surface area contributed by atoms with Crippen LogP contribution in [0.3, 0.4) is 0 Å². The number of nitrogens with zero attached hydrogens (tertiary/aromatic N) is 3. The van der Waals surface area contributed by atoms with Crippen molar-refractivity contribution in [2.45, 2.75) is 12.8 Å². The van der Waals surface area contributed by atoms with Gasteiger partial charge in [0.05, 0.1) is 5.69 Å².